The third-order valence-corrected chi connectivity index (χ3v) is 3.85. The van der Waals surface area contributed by atoms with Crippen molar-refractivity contribution < 1.29 is 18.5 Å². The van der Waals surface area contributed by atoms with Crippen LogP contribution in [0.1, 0.15) is 37.0 Å². The lowest BCUT2D eigenvalue weighted by Crippen LogP contribution is -2.15. The SMILES string of the molecule is CC(C)(C)c1nc2cc(NC(=O)c3cc(F)cc([N+](=O)[O-])c3N)ccc2o1. The number of nitro benzene ring substituents is 1. The van der Waals surface area contributed by atoms with Crippen LogP contribution in [0.3, 0.4) is 0 Å². The van der Waals surface area contributed by atoms with E-state index in [1.807, 2.05) is 20.8 Å². The summed E-state index contributed by atoms with van der Waals surface area (Å²) >= 11 is 0. The van der Waals surface area contributed by atoms with E-state index in [1.54, 1.807) is 18.2 Å². The molecule has 1 aromatic heterocycles. The molecule has 0 spiro atoms. The van der Waals surface area contributed by atoms with Gasteiger partial charge < -0.3 is 15.5 Å². The summed E-state index contributed by atoms with van der Waals surface area (Å²) in [4.78, 5) is 26.9. The molecule has 1 amide bonds. The smallest absolute Gasteiger partial charge is 0.295 e. The lowest BCUT2D eigenvalue weighted by molar-refractivity contribution is -0.384. The summed E-state index contributed by atoms with van der Waals surface area (Å²) in [6, 6.07) is 6.34. The molecule has 0 aliphatic carbocycles. The van der Waals surface area contributed by atoms with Crippen LogP contribution in [0.15, 0.2) is 34.7 Å². The van der Waals surface area contributed by atoms with Gasteiger partial charge in [0, 0.05) is 11.1 Å². The Bertz CT molecular complexity index is 1070. The van der Waals surface area contributed by atoms with Crippen LogP contribution in [0.4, 0.5) is 21.5 Å². The van der Waals surface area contributed by atoms with E-state index in [1.165, 1.54) is 0 Å². The number of carbonyl (C=O) groups excluding carboxylic acids is 1. The molecule has 0 saturated heterocycles. The Morgan fingerprint density at radius 1 is 1.30 bits per heavy atom. The molecule has 3 rings (SSSR count). The molecule has 1 heterocycles. The molecule has 0 aliphatic rings. The van der Waals surface area contributed by atoms with Crippen LogP contribution in [0.2, 0.25) is 0 Å². The predicted molar refractivity (Wildman–Crippen MR) is 98.1 cm³/mol. The molecule has 2 aromatic carbocycles. The van der Waals surface area contributed by atoms with Crippen molar-refractivity contribution in [1.29, 1.82) is 0 Å². The Morgan fingerprint density at radius 2 is 2.00 bits per heavy atom. The molecule has 0 saturated carbocycles. The Balaban J connectivity index is 1.93. The number of aromatic nitrogens is 1. The molecule has 3 N–H and O–H groups in total. The number of nitrogens with two attached hydrogens (primary N) is 1. The number of amides is 1. The second-order valence-corrected chi connectivity index (χ2v) is 7.05. The van der Waals surface area contributed by atoms with Gasteiger partial charge in [-0.1, -0.05) is 20.8 Å². The highest BCUT2D eigenvalue weighted by Crippen LogP contribution is 2.29. The largest absolute Gasteiger partial charge is 0.440 e. The van der Waals surface area contributed by atoms with E-state index < -0.39 is 28.0 Å². The topological polar surface area (TPSA) is 124 Å². The molecule has 0 atom stereocenters. The van der Waals surface area contributed by atoms with Gasteiger partial charge in [0.15, 0.2) is 5.58 Å². The number of hydrogen-bond donors (Lipinski definition) is 2. The fourth-order valence-corrected chi connectivity index (χ4v) is 2.47. The van der Waals surface area contributed by atoms with Crippen molar-refractivity contribution in [1.82, 2.24) is 4.98 Å². The van der Waals surface area contributed by atoms with Crippen LogP contribution in [-0.2, 0) is 5.41 Å². The number of nitrogen functional groups attached to an aromatic ring is 1. The van der Waals surface area contributed by atoms with E-state index in [0.717, 1.165) is 6.07 Å². The Morgan fingerprint density at radius 3 is 2.63 bits per heavy atom. The number of carbonyl (C=O) groups is 1. The number of hydrogen-bond acceptors (Lipinski definition) is 6. The minimum Gasteiger partial charge on any atom is -0.440 e. The van der Waals surface area contributed by atoms with Gasteiger partial charge in [0.05, 0.1) is 16.6 Å². The van der Waals surface area contributed by atoms with Crippen molar-refractivity contribution in [2.24, 2.45) is 0 Å². The van der Waals surface area contributed by atoms with Crippen molar-refractivity contribution in [3.8, 4) is 0 Å². The zero-order valence-electron chi connectivity index (χ0n) is 14.9. The van der Waals surface area contributed by atoms with Gasteiger partial charge in [0.2, 0.25) is 5.89 Å². The number of rotatable bonds is 3. The Hall–Kier alpha value is -3.49. The summed E-state index contributed by atoms with van der Waals surface area (Å²) < 4.78 is 19.3. The van der Waals surface area contributed by atoms with Crippen molar-refractivity contribution >= 4 is 34.1 Å². The quantitative estimate of drug-likeness (QED) is 0.407. The number of halogens is 1. The highest BCUT2D eigenvalue weighted by Gasteiger charge is 2.23. The number of fused-ring (bicyclic) bond motifs is 1. The van der Waals surface area contributed by atoms with Crippen LogP contribution in [-0.4, -0.2) is 15.8 Å². The average Bonchev–Trinajstić information content (AvgIpc) is 3.00. The summed E-state index contributed by atoms with van der Waals surface area (Å²) in [6.45, 7) is 5.88. The van der Waals surface area contributed by atoms with E-state index >= 15 is 0 Å². The van der Waals surface area contributed by atoms with Crippen molar-refractivity contribution in [2.75, 3.05) is 11.1 Å². The van der Waals surface area contributed by atoms with Crippen LogP contribution in [0.25, 0.3) is 11.1 Å². The molecule has 3 aromatic rings. The monoisotopic (exact) mass is 372 g/mol. The minimum atomic E-state index is -0.928. The highest BCUT2D eigenvalue weighted by atomic mass is 19.1. The van der Waals surface area contributed by atoms with E-state index in [2.05, 4.69) is 10.3 Å². The standard InChI is InChI=1S/C18H17FN4O4/c1-18(2,3)17-22-12-8-10(4-5-14(12)27-17)21-16(24)11-6-9(19)7-13(15(11)20)23(25)26/h4-8H,20H2,1-3H3,(H,21,24). The molecule has 8 nitrogen and oxygen atoms in total. The molecular formula is C18H17FN4O4. The zero-order chi connectivity index (χ0) is 19.9. The maximum Gasteiger partial charge on any atom is 0.295 e. The van der Waals surface area contributed by atoms with Crippen LogP contribution in [0.5, 0.6) is 0 Å². The highest BCUT2D eigenvalue weighted by molar-refractivity contribution is 6.09. The average molecular weight is 372 g/mol. The van der Waals surface area contributed by atoms with E-state index in [-0.39, 0.29) is 11.0 Å². The fraction of sp³-hybridized carbons (Fsp3) is 0.222. The second kappa shape index (κ2) is 6.35. The van der Waals surface area contributed by atoms with Gasteiger partial charge >= 0.3 is 0 Å². The number of benzene rings is 2. The van der Waals surface area contributed by atoms with Crippen LogP contribution >= 0.6 is 0 Å². The molecule has 9 heteroatoms. The number of nitro groups is 1. The third kappa shape index (κ3) is 3.57. The van der Waals surface area contributed by atoms with Crippen molar-refractivity contribution in [2.45, 2.75) is 26.2 Å². The summed E-state index contributed by atoms with van der Waals surface area (Å²) in [5.74, 6) is -1.15. The molecule has 0 radical (unpaired) electrons. The summed E-state index contributed by atoms with van der Waals surface area (Å²) in [5.41, 5.74) is 5.44. The number of anilines is 2. The summed E-state index contributed by atoms with van der Waals surface area (Å²) in [6.07, 6.45) is 0. The number of nitrogens with one attached hydrogen (secondary N) is 1. The predicted octanol–water partition coefficient (Wildman–Crippen LogP) is 4.01. The maximum atomic E-state index is 13.6. The van der Waals surface area contributed by atoms with Gasteiger partial charge in [-0.3, -0.25) is 14.9 Å². The first kappa shape index (κ1) is 18.3. The first-order valence-electron chi connectivity index (χ1n) is 8.02. The third-order valence-electron chi connectivity index (χ3n) is 3.85. The zero-order valence-corrected chi connectivity index (χ0v) is 14.9. The van der Waals surface area contributed by atoms with Gasteiger partial charge in [-0.15, -0.1) is 0 Å². The molecular weight excluding hydrogens is 355 g/mol. The number of nitrogens with zero attached hydrogens (tertiary/aromatic N) is 2. The molecule has 0 fully saturated rings. The maximum absolute atomic E-state index is 13.6. The van der Waals surface area contributed by atoms with Gasteiger partial charge in [0.25, 0.3) is 11.6 Å². The van der Waals surface area contributed by atoms with E-state index in [9.17, 15) is 19.3 Å². The normalized spacial score (nSPS) is 11.6. The Kier molecular flexibility index (Phi) is 4.30. The molecule has 0 aliphatic heterocycles. The van der Waals surface area contributed by atoms with E-state index in [4.69, 9.17) is 10.2 Å². The molecule has 27 heavy (non-hydrogen) atoms. The molecule has 0 unspecified atom stereocenters. The number of oxazole rings is 1. The fourth-order valence-electron chi connectivity index (χ4n) is 2.47. The summed E-state index contributed by atoms with van der Waals surface area (Å²) in [5, 5.41) is 13.5. The lowest BCUT2D eigenvalue weighted by Gasteiger charge is -2.11. The van der Waals surface area contributed by atoms with Crippen LogP contribution in [0, 0.1) is 15.9 Å². The van der Waals surface area contributed by atoms with Crippen molar-refractivity contribution in [3.05, 3.63) is 57.7 Å². The molecule has 140 valence electrons. The lowest BCUT2D eigenvalue weighted by atomic mass is 9.97. The van der Waals surface area contributed by atoms with E-state index in [0.29, 0.717) is 28.7 Å². The van der Waals surface area contributed by atoms with Crippen molar-refractivity contribution in [3.63, 3.8) is 0 Å². The first-order valence-corrected chi connectivity index (χ1v) is 8.02. The first-order chi connectivity index (χ1) is 12.6. The van der Waals surface area contributed by atoms with Gasteiger partial charge in [-0.05, 0) is 24.3 Å². The van der Waals surface area contributed by atoms with Gasteiger partial charge in [0.1, 0.15) is 17.0 Å². The van der Waals surface area contributed by atoms with Gasteiger partial charge in [-0.25, -0.2) is 9.37 Å². The second-order valence-electron chi connectivity index (χ2n) is 7.05. The Labute approximate surface area is 153 Å². The van der Waals surface area contributed by atoms with Gasteiger partial charge in [-0.2, -0.15) is 0 Å². The summed E-state index contributed by atoms with van der Waals surface area (Å²) in [7, 11) is 0. The molecule has 0 bridgehead atoms. The van der Waals surface area contributed by atoms with Crippen LogP contribution < -0.4 is 11.1 Å². The minimum absolute atomic E-state index is 0.280.